The number of likely N-dealkylation sites (N-methyl/N-ethyl adjacent to an activating group) is 1. The van der Waals surface area contributed by atoms with Gasteiger partial charge in [-0.15, -0.1) is 0 Å². The van der Waals surface area contributed by atoms with Crippen molar-refractivity contribution in [3.63, 3.8) is 0 Å². The van der Waals surface area contributed by atoms with Gasteiger partial charge in [0.15, 0.2) is 17.7 Å². The topological polar surface area (TPSA) is 42.4 Å². The van der Waals surface area contributed by atoms with E-state index in [0.29, 0.717) is 5.56 Å². The Morgan fingerprint density at radius 2 is 1.95 bits per heavy atom. The number of pyridine rings is 1. The number of aromatic nitrogens is 1. The molecule has 0 spiro atoms. The first-order valence-electron chi connectivity index (χ1n) is 6.11. The third kappa shape index (κ3) is 2.83. The maximum atomic E-state index is 13.7. The molecule has 0 fully saturated rings. The molecule has 0 unspecified atom stereocenters. The van der Waals surface area contributed by atoms with Gasteiger partial charge in [0.05, 0.1) is 0 Å². The van der Waals surface area contributed by atoms with Crippen LogP contribution >= 0.6 is 0 Å². The Morgan fingerprint density at radius 1 is 1.25 bits per heavy atom. The molecule has 2 aromatic rings. The second-order valence-electron chi connectivity index (χ2n) is 4.23. The minimum Gasteiger partial charge on any atom is -0.367 e. The van der Waals surface area contributed by atoms with Crippen molar-refractivity contribution >= 4 is 11.7 Å². The van der Waals surface area contributed by atoms with E-state index in [-0.39, 0.29) is 11.7 Å². The Labute approximate surface area is 116 Å². The summed E-state index contributed by atoms with van der Waals surface area (Å²) in [4.78, 5) is 17.5. The molecule has 1 amide bonds. The molecule has 20 heavy (non-hydrogen) atoms. The van der Waals surface area contributed by atoms with E-state index >= 15 is 0 Å². The summed E-state index contributed by atoms with van der Waals surface area (Å²) in [5, 5.41) is 0. The van der Waals surface area contributed by atoms with Gasteiger partial charge in [-0.1, -0.05) is 30.3 Å². The van der Waals surface area contributed by atoms with Crippen LogP contribution in [0.25, 0.3) is 0 Å². The van der Waals surface area contributed by atoms with Crippen LogP contribution < -0.4 is 4.90 Å². The first-order valence-corrected chi connectivity index (χ1v) is 6.11. The molecule has 0 aliphatic carbocycles. The van der Waals surface area contributed by atoms with Crippen molar-refractivity contribution in [3.05, 3.63) is 60.0 Å². The third-order valence-electron chi connectivity index (χ3n) is 2.95. The zero-order chi connectivity index (χ0) is 14.5. The second-order valence-corrected chi connectivity index (χ2v) is 4.23. The van der Waals surface area contributed by atoms with Crippen molar-refractivity contribution in [1.82, 2.24) is 4.98 Å². The Balaban J connectivity index is 2.28. The van der Waals surface area contributed by atoms with Gasteiger partial charge in [-0.2, -0.15) is 0 Å². The summed E-state index contributed by atoms with van der Waals surface area (Å²) in [7, 11) is 2.92. The van der Waals surface area contributed by atoms with Crippen LogP contribution in [0.15, 0.2) is 48.7 Å². The zero-order valence-corrected chi connectivity index (χ0v) is 11.3. The van der Waals surface area contributed by atoms with Crippen LogP contribution in [0.4, 0.5) is 10.2 Å². The van der Waals surface area contributed by atoms with E-state index in [0.717, 1.165) is 4.90 Å². The third-order valence-corrected chi connectivity index (χ3v) is 2.95. The SMILES string of the molecule is CO[C@H](C(=O)N(C)c1ncccc1F)c1ccccc1. The average Bonchev–Trinajstić information content (AvgIpc) is 2.49. The lowest BCUT2D eigenvalue weighted by atomic mass is 10.1. The maximum absolute atomic E-state index is 13.7. The average molecular weight is 274 g/mol. The first kappa shape index (κ1) is 14.1. The number of methoxy groups -OCH3 is 1. The van der Waals surface area contributed by atoms with Gasteiger partial charge in [0.2, 0.25) is 0 Å². The van der Waals surface area contributed by atoms with Crippen LogP contribution in [0.5, 0.6) is 0 Å². The second kappa shape index (κ2) is 6.25. The summed E-state index contributed by atoms with van der Waals surface area (Å²) < 4.78 is 18.9. The number of hydrogen-bond donors (Lipinski definition) is 0. The molecule has 0 aliphatic heterocycles. The van der Waals surface area contributed by atoms with Crippen LogP contribution in [-0.4, -0.2) is 25.0 Å². The molecule has 1 aromatic carbocycles. The Hall–Kier alpha value is -2.27. The van der Waals surface area contributed by atoms with Gasteiger partial charge in [0.1, 0.15) is 0 Å². The molecular weight excluding hydrogens is 259 g/mol. The molecule has 1 atom stereocenters. The highest BCUT2D eigenvalue weighted by atomic mass is 19.1. The van der Waals surface area contributed by atoms with Crippen molar-refractivity contribution < 1.29 is 13.9 Å². The van der Waals surface area contributed by atoms with Crippen LogP contribution in [0.1, 0.15) is 11.7 Å². The van der Waals surface area contributed by atoms with E-state index in [1.165, 1.54) is 32.5 Å². The summed E-state index contributed by atoms with van der Waals surface area (Å²) in [6.07, 6.45) is 0.648. The largest absolute Gasteiger partial charge is 0.367 e. The molecule has 104 valence electrons. The molecule has 0 saturated heterocycles. The van der Waals surface area contributed by atoms with Crippen molar-refractivity contribution in [2.24, 2.45) is 0 Å². The van der Waals surface area contributed by atoms with Gasteiger partial charge in [-0.3, -0.25) is 9.69 Å². The number of rotatable bonds is 4. The van der Waals surface area contributed by atoms with Crippen molar-refractivity contribution in [2.45, 2.75) is 6.10 Å². The highest BCUT2D eigenvalue weighted by molar-refractivity contribution is 5.96. The van der Waals surface area contributed by atoms with E-state index in [4.69, 9.17) is 4.74 Å². The number of ether oxygens (including phenoxy) is 1. The fourth-order valence-electron chi connectivity index (χ4n) is 1.91. The normalized spacial score (nSPS) is 11.9. The number of carbonyl (C=O) groups excluding carboxylic acids is 1. The molecule has 4 nitrogen and oxygen atoms in total. The number of amides is 1. The lowest BCUT2D eigenvalue weighted by Gasteiger charge is -2.22. The predicted molar refractivity (Wildman–Crippen MR) is 73.8 cm³/mol. The predicted octanol–water partition coefficient (Wildman–Crippen LogP) is 2.57. The summed E-state index contributed by atoms with van der Waals surface area (Å²) >= 11 is 0. The molecular formula is C15H15FN2O2. The number of anilines is 1. The van der Waals surface area contributed by atoms with Crippen molar-refractivity contribution in [2.75, 3.05) is 19.1 Å². The van der Waals surface area contributed by atoms with Gasteiger partial charge in [0, 0.05) is 20.4 Å². The standard InChI is InChI=1S/C15H15FN2O2/c1-18(14-12(16)9-6-10-17-14)15(19)13(20-2)11-7-4-3-5-8-11/h3-10,13H,1-2H3/t13-/m0/s1. The lowest BCUT2D eigenvalue weighted by molar-refractivity contribution is -0.128. The molecule has 0 bridgehead atoms. The van der Waals surface area contributed by atoms with Crippen molar-refractivity contribution in [3.8, 4) is 0 Å². The molecule has 1 heterocycles. The number of carbonyl (C=O) groups is 1. The summed E-state index contributed by atoms with van der Waals surface area (Å²) in [5.41, 5.74) is 0.711. The van der Waals surface area contributed by atoms with E-state index in [2.05, 4.69) is 4.98 Å². The Kier molecular flexibility index (Phi) is 4.42. The van der Waals surface area contributed by atoms with Crippen molar-refractivity contribution in [1.29, 1.82) is 0 Å². The highest BCUT2D eigenvalue weighted by Crippen LogP contribution is 2.22. The lowest BCUT2D eigenvalue weighted by Crippen LogP contribution is -2.33. The minimum atomic E-state index is -0.789. The number of halogens is 1. The zero-order valence-electron chi connectivity index (χ0n) is 11.3. The number of nitrogens with zero attached hydrogens (tertiary/aromatic N) is 2. The van der Waals surface area contributed by atoms with Gasteiger partial charge >= 0.3 is 0 Å². The van der Waals surface area contributed by atoms with Crippen LogP contribution in [0.3, 0.4) is 0 Å². The van der Waals surface area contributed by atoms with Crippen LogP contribution in [0, 0.1) is 5.82 Å². The number of hydrogen-bond acceptors (Lipinski definition) is 3. The summed E-state index contributed by atoms with van der Waals surface area (Å²) in [5.74, 6) is -0.946. The fourth-order valence-corrected chi connectivity index (χ4v) is 1.91. The van der Waals surface area contributed by atoms with Gasteiger partial charge in [-0.25, -0.2) is 9.37 Å². The molecule has 0 saturated carbocycles. The summed E-state index contributed by atoms with van der Waals surface area (Å²) in [6.45, 7) is 0. The molecule has 2 rings (SSSR count). The Bertz CT molecular complexity index is 589. The minimum absolute atomic E-state index is 0.0181. The summed E-state index contributed by atoms with van der Waals surface area (Å²) in [6, 6.07) is 11.8. The van der Waals surface area contributed by atoms with Gasteiger partial charge < -0.3 is 4.74 Å². The molecule has 0 aliphatic rings. The smallest absolute Gasteiger partial charge is 0.261 e. The molecule has 0 radical (unpaired) electrons. The van der Waals surface area contributed by atoms with Crippen LogP contribution in [0.2, 0.25) is 0 Å². The molecule has 1 aromatic heterocycles. The first-order chi connectivity index (χ1) is 9.65. The van der Waals surface area contributed by atoms with Crippen LogP contribution in [-0.2, 0) is 9.53 Å². The maximum Gasteiger partial charge on any atom is 0.261 e. The quantitative estimate of drug-likeness (QED) is 0.860. The fraction of sp³-hybridized carbons (Fsp3) is 0.200. The van der Waals surface area contributed by atoms with Gasteiger partial charge in [-0.05, 0) is 17.7 Å². The van der Waals surface area contributed by atoms with E-state index < -0.39 is 11.9 Å². The number of benzene rings is 1. The molecule has 5 heteroatoms. The Morgan fingerprint density at radius 3 is 2.55 bits per heavy atom. The van der Waals surface area contributed by atoms with E-state index in [1.807, 2.05) is 18.2 Å². The van der Waals surface area contributed by atoms with E-state index in [9.17, 15) is 9.18 Å². The van der Waals surface area contributed by atoms with E-state index in [1.54, 1.807) is 12.1 Å². The monoisotopic (exact) mass is 274 g/mol. The van der Waals surface area contributed by atoms with Gasteiger partial charge in [0.25, 0.3) is 5.91 Å². The highest BCUT2D eigenvalue weighted by Gasteiger charge is 2.26. The molecule has 0 N–H and O–H groups in total.